The van der Waals surface area contributed by atoms with Crippen LogP contribution in [0.25, 0.3) is 17.1 Å². The Morgan fingerprint density at radius 2 is 1.97 bits per heavy atom. The van der Waals surface area contributed by atoms with Crippen molar-refractivity contribution in [1.82, 2.24) is 14.6 Å². The van der Waals surface area contributed by atoms with Crippen LogP contribution < -0.4 is 14.8 Å². The van der Waals surface area contributed by atoms with E-state index in [2.05, 4.69) is 15.4 Å². The van der Waals surface area contributed by atoms with Gasteiger partial charge in [-0.2, -0.15) is 9.61 Å². The van der Waals surface area contributed by atoms with Crippen LogP contribution in [0.1, 0.15) is 11.3 Å². The van der Waals surface area contributed by atoms with Crippen molar-refractivity contribution in [1.29, 1.82) is 0 Å². The number of nitrogens with zero attached hydrogens (tertiary/aromatic N) is 3. The van der Waals surface area contributed by atoms with Gasteiger partial charge in [-0.1, -0.05) is 12.1 Å². The van der Waals surface area contributed by atoms with Crippen molar-refractivity contribution in [2.45, 2.75) is 20.0 Å². The fourth-order valence-corrected chi connectivity index (χ4v) is 3.15. The van der Waals surface area contributed by atoms with Gasteiger partial charge >= 0.3 is 0 Å². The molecule has 0 aliphatic carbocycles. The quantitative estimate of drug-likeness (QED) is 0.461. The van der Waals surface area contributed by atoms with Crippen LogP contribution in [0.15, 0.2) is 53.1 Å². The first-order chi connectivity index (χ1) is 14.6. The van der Waals surface area contributed by atoms with Crippen LogP contribution in [0.3, 0.4) is 0 Å². The van der Waals surface area contributed by atoms with Crippen LogP contribution in [0.5, 0.6) is 11.5 Å². The number of anilines is 1. The summed E-state index contributed by atoms with van der Waals surface area (Å²) in [5.41, 5.74) is 3.23. The second-order valence-corrected chi connectivity index (χ2v) is 6.94. The average Bonchev–Trinajstić information content (AvgIpc) is 3.42. The number of hydrogen-bond acceptors (Lipinski definition) is 7. The van der Waals surface area contributed by atoms with E-state index < -0.39 is 6.10 Å². The van der Waals surface area contributed by atoms with Crippen LogP contribution in [0.4, 0.5) is 5.82 Å². The molecule has 8 nitrogen and oxygen atoms in total. The van der Waals surface area contributed by atoms with Crippen LogP contribution >= 0.6 is 0 Å². The van der Waals surface area contributed by atoms with E-state index in [1.165, 1.54) is 0 Å². The number of aromatic nitrogens is 3. The van der Waals surface area contributed by atoms with Gasteiger partial charge in [0.25, 0.3) is 0 Å². The Morgan fingerprint density at radius 1 is 1.17 bits per heavy atom. The molecule has 0 saturated carbocycles. The highest BCUT2D eigenvalue weighted by Crippen LogP contribution is 2.26. The molecule has 3 aromatic heterocycles. The van der Waals surface area contributed by atoms with E-state index in [-0.39, 0.29) is 13.2 Å². The van der Waals surface area contributed by atoms with Gasteiger partial charge in [0.05, 0.1) is 13.4 Å². The van der Waals surface area contributed by atoms with Gasteiger partial charge in [0.2, 0.25) is 0 Å². The number of aliphatic hydroxyl groups excluding tert-OH is 1. The molecular weight excluding hydrogens is 384 g/mol. The number of aryl methyl sites for hydroxylation is 1. The third kappa shape index (κ3) is 3.95. The van der Waals surface area contributed by atoms with Crippen molar-refractivity contribution >= 4 is 11.5 Å². The summed E-state index contributed by atoms with van der Waals surface area (Å²) in [4.78, 5) is 4.61. The van der Waals surface area contributed by atoms with Crippen molar-refractivity contribution in [2.24, 2.45) is 0 Å². The number of para-hydroxylation sites is 2. The molecule has 3 heterocycles. The van der Waals surface area contributed by atoms with Crippen molar-refractivity contribution in [3.8, 4) is 23.0 Å². The Morgan fingerprint density at radius 3 is 2.70 bits per heavy atom. The predicted octanol–water partition coefficient (Wildman–Crippen LogP) is 3.47. The number of ether oxygens (including phenoxy) is 2. The van der Waals surface area contributed by atoms with Gasteiger partial charge < -0.3 is 24.3 Å². The summed E-state index contributed by atoms with van der Waals surface area (Å²) >= 11 is 0. The number of rotatable bonds is 8. The van der Waals surface area contributed by atoms with Crippen molar-refractivity contribution in [2.75, 3.05) is 25.6 Å². The highest BCUT2D eigenvalue weighted by atomic mass is 16.5. The van der Waals surface area contributed by atoms with Gasteiger partial charge in [-0.3, -0.25) is 0 Å². The zero-order valence-corrected chi connectivity index (χ0v) is 17.1. The molecule has 156 valence electrons. The smallest absolute Gasteiger partial charge is 0.161 e. The second-order valence-electron chi connectivity index (χ2n) is 6.94. The van der Waals surface area contributed by atoms with Crippen LogP contribution in [-0.4, -0.2) is 46.1 Å². The summed E-state index contributed by atoms with van der Waals surface area (Å²) in [6, 6.07) is 12.9. The zero-order valence-electron chi connectivity index (χ0n) is 17.1. The maximum atomic E-state index is 10.4. The normalized spacial score (nSPS) is 12.1. The summed E-state index contributed by atoms with van der Waals surface area (Å²) < 4.78 is 18.2. The predicted molar refractivity (Wildman–Crippen MR) is 113 cm³/mol. The third-order valence-electron chi connectivity index (χ3n) is 4.86. The molecule has 1 unspecified atom stereocenters. The highest BCUT2D eigenvalue weighted by Gasteiger charge is 2.16. The molecule has 0 radical (unpaired) electrons. The van der Waals surface area contributed by atoms with Gasteiger partial charge in [-0.05, 0) is 38.1 Å². The highest BCUT2D eigenvalue weighted by molar-refractivity contribution is 5.63. The lowest BCUT2D eigenvalue weighted by molar-refractivity contribution is 0.115. The minimum Gasteiger partial charge on any atom is -0.493 e. The number of hydrogen-bond donors (Lipinski definition) is 2. The number of fused-ring (bicyclic) bond motifs is 1. The summed E-state index contributed by atoms with van der Waals surface area (Å²) in [6.45, 7) is 4.32. The molecule has 4 aromatic rings. The van der Waals surface area contributed by atoms with E-state index in [9.17, 15) is 5.11 Å². The average molecular weight is 408 g/mol. The first kappa shape index (κ1) is 19.8. The summed E-state index contributed by atoms with van der Waals surface area (Å²) in [6.07, 6.45) is 0.874. The van der Waals surface area contributed by atoms with E-state index >= 15 is 0 Å². The Labute approximate surface area is 174 Å². The number of methoxy groups -OCH3 is 1. The molecule has 0 saturated heterocycles. The topological polar surface area (TPSA) is 94.0 Å². The molecule has 1 atom stereocenters. The lowest BCUT2D eigenvalue weighted by Gasteiger charge is -2.17. The van der Waals surface area contributed by atoms with Gasteiger partial charge in [-0.25, -0.2) is 4.98 Å². The van der Waals surface area contributed by atoms with Gasteiger partial charge in [0.15, 0.2) is 22.9 Å². The lowest BCUT2D eigenvalue weighted by Crippen LogP contribution is -2.27. The molecule has 0 amide bonds. The number of furan rings is 1. The van der Waals surface area contributed by atoms with E-state index in [4.69, 9.17) is 13.9 Å². The monoisotopic (exact) mass is 408 g/mol. The van der Waals surface area contributed by atoms with Gasteiger partial charge in [0.1, 0.15) is 24.2 Å². The number of aliphatic hydroxyl groups is 1. The Kier molecular flexibility index (Phi) is 5.58. The molecule has 0 bridgehead atoms. The standard InChI is InChI=1S/C22H24N4O4/c1-14-15(2)24-21-11-17(18-9-6-10-29-18)25-26(21)22(14)23-12-16(27)13-30-20-8-5-4-7-19(20)28-3/h4-11,16,23,27H,12-13H2,1-3H3. The van der Waals surface area contributed by atoms with Crippen molar-refractivity contribution < 1.29 is 19.0 Å². The maximum Gasteiger partial charge on any atom is 0.161 e. The first-order valence-electron chi connectivity index (χ1n) is 9.65. The number of benzene rings is 1. The van der Waals surface area contributed by atoms with Crippen LogP contribution in [0.2, 0.25) is 0 Å². The molecule has 2 N–H and O–H groups in total. The van der Waals surface area contributed by atoms with Gasteiger partial charge in [0, 0.05) is 23.9 Å². The largest absolute Gasteiger partial charge is 0.493 e. The zero-order chi connectivity index (χ0) is 21.1. The third-order valence-corrected chi connectivity index (χ3v) is 4.86. The second kappa shape index (κ2) is 8.46. The van der Waals surface area contributed by atoms with E-state index in [1.54, 1.807) is 24.0 Å². The van der Waals surface area contributed by atoms with Gasteiger partial charge in [-0.15, -0.1) is 0 Å². The van der Waals surface area contributed by atoms with Crippen molar-refractivity contribution in [3.63, 3.8) is 0 Å². The van der Waals surface area contributed by atoms with Crippen molar-refractivity contribution in [3.05, 3.63) is 60.0 Å². The summed E-state index contributed by atoms with van der Waals surface area (Å²) in [5, 5.41) is 18.3. The molecule has 1 aromatic carbocycles. The molecule has 0 fully saturated rings. The summed E-state index contributed by atoms with van der Waals surface area (Å²) in [5.74, 6) is 2.66. The maximum absolute atomic E-state index is 10.4. The molecule has 4 rings (SSSR count). The summed E-state index contributed by atoms with van der Waals surface area (Å²) in [7, 11) is 1.58. The van der Waals surface area contributed by atoms with Crippen LogP contribution in [-0.2, 0) is 0 Å². The Hall–Kier alpha value is -3.52. The molecule has 0 spiro atoms. The van der Waals surface area contributed by atoms with E-state index in [1.807, 2.05) is 50.2 Å². The number of nitrogens with one attached hydrogen (secondary N) is 1. The van der Waals surface area contributed by atoms with Crippen LogP contribution in [0, 0.1) is 13.8 Å². The van der Waals surface area contributed by atoms with E-state index in [0.717, 1.165) is 17.1 Å². The van der Waals surface area contributed by atoms with E-state index in [0.29, 0.717) is 28.6 Å². The fraction of sp³-hybridized carbons (Fsp3) is 0.273. The lowest BCUT2D eigenvalue weighted by atomic mass is 10.2. The minimum atomic E-state index is -0.738. The molecule has 30 heavy (non-hydrogen) atoms. The molecule has 0 aliphatic heterocycles. The molecular formula is C22H24N4O4. The Balaban J connectivity index is 1.49. The SMILES string of the molecule is COc1ccccc1OCC(O)CNc1c(C)c(C)nc2cc(-c3ccco3)nn12. The Bertz CT molecular complexity index is 1140. The molecule has 8 heteroatoms. The fourth-order valence-electron chi connectivity index (χ4n) is 3.15. The first-order valence-corrected chi connectivity index (χ1v) is 9.65. The molecule has 0 aliphatic rings. The minimum absolute atomic E-state index is 0.121.